The predicted molar refractivity (Wildman–Crippen MR) is 127 cm³/mol. The molecule has 10 heteroatoms. The van der Waals surface area contributed by atoms with Crippen molar-refractivity contribution in [2.75, 3.05) is 62.1 Å². The van der Waals surface area contributed by atoms with Crippen molar-refractivity contribution in [3.8, 4) is 11.3 Å². The van der Waals surface area contributed by atoms with Gasteiger partial charge in [-0.2, -0.15) is 8.42 Å². The van der Waals surface area contributed by atoms with Gasteiger partial charge in [0.25, 0.3) is 10.1 Å². The Hall–Kier alpha value is -2.82. The first-order chi connectivity index (χ1) is 16.0. The molecule has 5 rings (SSSR count). The van der Waals surface area contributed by atoms with Gasteiger partial charge in [-0.15, -0.1) is 0 Å². The van der Waals surface area contributed by atoms with Gasteiger partial charge in [0.05, 0.1) is 37.3 Å². The zero-order valence-corrected chi connectivity index (χ0v) is 19.4. The number of hydrogen-bond donors (Lipinski definition) is 0. The largest absolute Gasteiger partial charge is 0.378 e. The van der Waals surface area contributed by atoms with Crippen molar-refractivity contribution in [2.24, 2.45) is 5.92 Å². The number of fused-ring (bicyclic) bond motifs is 1. The van der Waals surface area contributed by atoms with Crippen LogP contribution in [-0.4, -0.2) is 75.6 Å². The standard InChI is InChI=1S/C23H27N5O4S/c1-31-33(29,30)16-17-6-9-28(15-17)23-22-21(24-7-8-25-22)14-20(26-23)18-2-4-19(5-3-18)27-10-12-32-13-11-27/h2-5,7-8,14,17H,6,9-13,15-16H2,1H3/t17-/m0/s1. The fourth-order valence-corrected chi connectivity index (χ4v) is 5.49. The quantitative estimate of drug-likeness (QED) is 0.504. The number of benzene rings is 1. The molecule has 2 aliphatic heterocycles. The van der Waals surface area contributed by atoms with Crippen LogP contribution in [0.2, 0.25) is 0 Å². The highest BCUT2D eigenvalue weighted by atomic mass is 32.2. The molecule has 2 aromatic heterocycles. The summed E-state index contributed by atoms with van der Waals surface area (Å²) in [5.74, 6) is 0.733. The van der Waals surface area contributed by atoms with Crippen LogP contribution in [0.4, 0.5) is 11.5 Å². The van der Waals surface area contributed by atoms with Gasteiger partial charge in [-0.3, -0.25) is 9.17 Å². The smallest absolute Gasteiger partial charge is 0.267 e. The van der Waals surface area contributed by atoms with Gasteiger partial charge < -0.3 is 14.5 Å². The number of pyridine rings is 1. The SMILES string of the molecule is COS(=O)(=O)C[C@H]1CCN(c2nc(-c3ccc(N4CCOCC4)cc3)cc3nccnc23)C1. The summed E-state index contributed by atoms with van der Waals surface area (Å²) in [5.41, 5.74) is 4.48. The molecule has 0 bridgehead atoms. The molecule has 0 N–H and O–H groups in total. The predicted octanol–water partition coefficient (Wildman–Crippen LogP) is 2.33. The van der Waals surface area contributed by atoms with Gasteiger partial charge in [0.15, 0.2) is 5.82 Å². The summed E-state index contributed by atoms with van der Waals surface area (Å²) in [5, 5.41) is 0. The van der Waals surface area contributed by atoms with Gasteiger partial charge in [-0.05, 0) is 30.5 Å². The van der Waals surface area contributed by atoms with Crippen LogP contribution >= 0.6 is 0 Å². The van der Waals surface area contributed by atoms with Crippen LogP contribution in [0.3, 0.4) is 0 Å². The lowest BCUT2D eigenvalue weighted by molar-refractivity contribution is 0.122. The number of ether oxygens (including phenoxy) is 1. The molecule has 4 heterocycles. The summed E-state index contributed by atoms with van der Waals surface area (Å²) in [6.45, 7) is 4.57. The van der Waals surface area contributed by atoms with Crippen molar-refractivity contribution >= 4 is 32.7 Å². The number of nitrogens with zero attached hydrogens (tertiary/aromatic N) is 5. The summed E-state index contributed by atoms with van der Waals surface area (Å²) < 4.78 is 33.9. The Balaban J connectivity index is 1.44. The van der Waals surface area contributed by atoms with E-state index in [4.69, 9.17) is 9.72 Å². The van der Waals surface area contributed by atoms with Crippen molar-refractivity contribution in [3.63, 3.8) is 0 Å². The Kier molecular flexibility index (Phi) is 6.13. The zero-order chi connectivity index (χ0) is 22.8. The van der Waals surface area contributed by atoms with Crippen LogP contribution < -0.4 is 9.80 Å². The molecule has 2 aliphatic rings. The normalized spacial score (nSPS) is 19.4. The van der Waals surface area contributed by atoms with Crippen LogP contribution in [0, 0.1) is 5.92 Å². The highest BCUT2D eigenvalue weighted by Gasteiger charge is 2.29. The molecule has 9 nitrogen and oxygen atoms in total. The molecule has 3 aromatic rings. The molecular weight excluding hydrogens is 442 g/mol. The molecule has 0 amide bonds. The third kappa shape index (κ3) is 4.78. The van der Waals surface area contributed by atoms with E-state index < -0.39 is 10.1 Å². The van der Waals surface area contributed by atoms with E-state index in [9.17, 15) is 8.42 Å². The number of hydrogen-bond acceptors (Lipinski definition) is 9. The lowest BCUT2D eigenvalue weighted by Gasteiger charge is -2.29. The van der Waals surface area contributed by atoms with Crippen molar-refractivity contribution < 1.29 is 17.3 Å². The van der Waals surface area contributed by atoms with E-state index in [2.05, 4.69) is 48.2 Å². The number of rotatable bonds is 6. The first-order valence-electron chi connectivity index (χ1n) is 11.1. The minimum atomic E-state index is -3.50. The summed E-state index contributed by atoms with van der Waals surface area (Å²) in [4.78, 5) is 18.4. The molecule has 0 saturated carbocycles. The maximum Gasteiger partial charge on any atom is 0.267 e. The average Bonchev–Trinajstić information content (AvgIpc) is 3.31. The maximum absolute atomic E-state index is 11.9. The lowest BCUT2D eigenvalue weighted by Crippen LogP contribution is -2.36. The second-order valence-electron chi connectivity index (χ2n) is 8.39. The Labute approximate surface area is 193 Å². The van der Waals surface area contributed by atoms with E-state index in [-0.39, 0.29) is 11.7 Å². The first kappa shape index (κ1) is 22.0. The van der Waals surface area contributed by atoms with E-state index >= 15 is 0 Å². The van der Waals surface area contributed by atoms with E-state index in [1.807, 2.05) is 6.07 Å². The van der Waals surface area contributed by atoms with Gasteiger partial charge in [0, 0.05) is 49.8 Å². The van der Waals surface area contributed by atoms with Gasteiger partial charge in [0.2, 0.25) is 0 Å². The topological polar surface area (TPSA) is 97.8 Å². The molecule has 0 aliphatic carbocycles. The van der Waals surface area contributed by atoms with Crippen LogP contribution in [-0.2, 0) is 19.0 Å². The lowest BCUT2D eigenvalue weighted by atomic mass is 10.1. The molecule has 1 atom stereocenters. The second kappa shape index (κ2) is 9.20. The molecular formula is C23H27N5O4S. The monoisotopic (exact) mass is 469 g/mol. The third-order valence-corrected chi connectivity index (χ3v) is 7.64. The Bertz CT molecular complexity index is 1230. The Morgan fingerprint density at radius 3 is 2.58 bits per heavy atom. The Morgan fingerprint density at radius 2 is 1.82 bits per heavy atom. The average molecular weight is 470 g/mol. The second-order valence-corrected chi connectivity index (χ2v) is 10.2. The summed E-state index contributed by atoms with van der Waals surface area (Å²) >= 11 is 0. The van der Waals surface area contributed by atoms with Crippen LogP contribution in [0.15, 0.2) is 42.7 Å². The van der Waals surface area contributed by atoms with Crippen molar-refractivity contribution in [1.82, 2.24) is 15.0 Å². The number of anilines is 2. The van der Waals surface area contributed by atoms with E-state index in [0.717, 1.165) is 60.8 Å². The molecule has 2 fully saturated rings. The summed E-state index contributed by atoms with van der Waals surface area (Å²) in [7, 11) is -2.29. The van der Waals surface area contributed by atoms with E-state index in [0.29, 0.717) is 13.1 Å². The summed E-state index contributed by atoms with van der Waals surface area (Å²) in [6, 6.07) is 10.3. The fourth-order valence-electron chi connectivity index (χ4n) is 4.51. The summed E-state index contributed by atoms with van der Waals surface area (Å²) in [6.07, 6.45) is 4.09. The first-order valence-corrected chi connectivity index (χ1v) is 12.7. The van der Waals surface area contributed by atoms with Gasteiger partial charge in [-0.25, -0.2) is 9.97 Å². The molecule has 0 unspecified atom stereocenters. The van der Waals surface area contributed by atoms with E-state index in [1.54, 1.807) is 12.4 Å². The van der Waals surface area contributed by atoms with Crippen molar-refractivity contribution in [3.05, 3.63) is 42.7 Å². The van der Waals surface area contributed by atoms with Crippen molar-refractivity contribution in [1.29, 1.82) is 0 Å². The molecule has 1 aromatic carbocycles. The fraction of sp³-hybridized carbons (Fsp3) is 0.435. The zero-order valence-electron chi connectivity index (χ0n) is 18.6. The van der Waals surface area contributed by atoms with Gasteiger partial charge >= 0.3 is 0 Å². The molecule has 174 valence electrons. The molecule has 0 spiro atoms. The Morgan fingerprint density at radius 1 is 1.06 bits per heavy atom. The highest BCUT2D eigenvalue weighted by molar-refractivity contribution is 7.86. The minimum absolute atomic E-state index is 0.00625. The third-order valence-electron chi connectivity index (χ3n) is 6.26. The highest BCUT2D eigenvalue weighted by Crippen LogP contribution is 2.32. The molecule has 0 radical (unpaired) electrons. The van der Waals surface area contributed by atoms with Gasteiger partial charge in [-0.1, -0.05) is 12.1 Å². The van der Waals surface area contributed by atoms with Crippen LogP contribution in [0.1, 0.15) is 6.42 Å². The van der Waals surface area contributed by atoms with Crippen LogP contribution in [0.5, 0.6) is 0 Å². The molecule has 33 heavy (non-hydrogen) atoms. The minimum Gasteiger partial charge on any atom is -0.378 e. The van der Waals surface area contributed by atoms with E-state index in [1.165, 1.54) is 12.8 Å². The number of aromatic nitrogens is 3. The van der Waals surface area contributed by atoms with Gasteiger partial charge in [0.1, 0.15) is 5.52 Å². The number of morpholine rings is 1. The maximum atomic E-state index is 11.9. The van der Waals surface area contributed by atoms with Crippen LogP contribution in [0.25, 0.3) is 22.3 Å². The molecule has 2 saturated heterocycles. The van der Waals surface area contributed by atoms with Crippen molar-refractivity contribution in [2.45, 2.75) is 6.42 Å².